The molecule has 3 aromatic rings. The molecule has 3 heterocycles. The fourth-order valence-electron chi connectivity index (χ4n) is 2.02. The molecule has 0 aliphatic rings. The van der Waals surface area contributed by atoms with Crippen molar-refractivity contribution in [1.29, 1.82) is 0 Å². The van der Waals surface area contributed by atoms with Crippen molar-refractivity contribution in [3.8, 4) is 0 Å². The van der Waals surface area contributed by atoms with Crippen LogP contribution in [0, 0.1) is 13.8 Å². The highest BCUT2D eigenvalue weighted by molar-refractivity contribution is 8.00. The second kappa shape index (κ2) is 5.71. The first kappa shape index (κ1) is 13.9. The first-order valence-corrected chi connectivity index (χ1v) is 8.98. The molecule has 6 heteroatoms. The molecule has 3 nitrogen and oxygen atoms in total. The Labute approximate surface area is 130 Å². The summed E-state index contributed by atoms with van der Waals surface area (Å²) in [5, 5.41) is 6.47. The zero-order valence-electron chi connectivity index (χ0n) is 11.6. The minimum Gasteiger partial charge on any atom is -0.372 e. The summed E-state index contributed by atoms with van der Waals surface area (Å²) >= 11 is 5.29. The fraction of sp³-hybridized carbons (Fsp3) is 0.286. The predicted molar refractivity (Wildman–Crippen MR) is 90.3 cm³/mol. The summed E-state index contributed by atoms with van der Waals surface area (Å²) < 4.78 is 1.30. The van der Waals surface area contributed by atoms with Gasteiger partial charge in [-0.3, -0.25) is 0 Å². The number of nitrogens with zero attached hydrogens (tertiary/aromatic N) is 2. The number of thiophene rings is 2. The van der Waals surface area contributed by atoms with E-state index < -0.39 is 0 Å². The molecule has 3 aromatic heterocycles. The van der Waals surface area contributed by atoms with Crippen LogP contribution in [0.4, 0.5) is 5.82 Å². The van der Waals surface area contributed by atoms with Crippen LogP contribution in [0.1, 0.15) is 16.3 Å². The second-order valence-electron chi connectivity index (χ2n) is 4.42. The average Bonchev–Trinajstić information content (AvgIpc) is 3.05. The van der Waals surface area contributed by atoms with E-state index in [0.29, 0.717) is 0 Å². The monoisotopic (exact) mass is 321 g/mol. The Hall–Kier alpha value is -1.11. The maximum atomic E-state index is 4.72. The highest BCUT2D eigenvalue weighted by Crippen LogP contribution is 2.34. The third-order valence-corrected chi connectivity index (χ3v) is 6.38. The summed E-state index contributed by atoms with van der Waals surface area (Å²) in [6.45, 7) is 4.28. The molecule has 104 valence electrons. The van der Waals surface area contributed by atoms with Gasteiger partial charge < -0.3 is 5.32 Å². The van der Waals surface area contributed by atoms with E-state index in [2.05, 4.69) is 41.7 Å². The van der Waals surface area contributed by atoms with E-state index in [0.717, 1.165) is 22.2 Å². The summed E-state index contributed by atoms with van der Waals surface area (Å²) in [5.41, 5.74) is 1.28. The molecule has 0 spiro atoms. The van der Waals surface area contributed by atoms with Gasteiger partial charge in [0.25, 0.3) is 0 Å². The topological polar surface area (TPSA) is 37.8 Å². The SMILES string of the molecule is CNc1nc(CSc2cccs2)nc2sc(C)c(C)c12. The molecular formula is C14H15N3S3. The van der Waals surface area contributed by atoms with Gasteiger partial charge in [-0.1, -0.05) is 6.07 Å². The normalized spacial score (nSPS) is 11.2. The lowest BCUT2D eigenvalue weighted by Gasteiger charge is -2.05. The van der Waals surface area contributed by atoms with Gasteiger partial charge in [0.2, 0.25) is 0 Å². The molecule has 0 aliphatic heterocycles. The van der Waals surface area contributed by atoms with Crippen molar-refractivity contribution in [2.24, 2.45) is 0 Å². The highest BCUT2D eigenvalue weighted by Gasteiger charge is 2.13. The maximum Gasteiger partial charge on any atom is 0.142 e. The van der Waals surface area contributed by atoms with Crippen LogP contribution in [0.5, 0.6) is 0 Å². The Morgan fingerprint density at radius 1 is 1.30 bits per heavy atom. The quantitative estimate of drug-likeness (QED) is 0.707. The van der Waals surface area contributed by atoms with Crippen molar-refractivity contribution in [3.05, 3.63) is 33.8 Å². The molecular weight excluding hydrogens is 306 g/mol. The van der Waals surface area contributed by atoms with Crippen molar-refractivity contribution in [2.75, 3.05) is 12.4 Å². The zero-order valence-corrected chi connectivity index (χ0v) is 14.0. The standard InChI is InChI=1S/C14H15N3S3/c1-8-9(2)20-14-12(8)13(15-3)16-10(17-14)7-19-11-5-4-6-18-11/h4-6H,7H2,1-3H3,(H,15,16,17). The van der Waals surface area contributed by atoms with Crippen LogP contribution in [0.25, 0.3) is 10.2 Å². The van der Waals surface area contributed by atoms with Gasteiger partial charge in [0.15, 0.2) is 0 Å². The molecule has 0 aromatic carbocycles. The van der Waals surface area contributed by atoms with Gasteiger partial charge in [-0.05, 0) is 30.9 Å². The summed E-state index contributed by atoms with van der Waals surface area (Å²) in [5.74, 6) is 2.64. The van der Waals surface area contributed by atoms with Crippen LogP contribution in [-0.4, -0.2) is 17.0 Å². The van der Waals surface area contributed by atoms with Gasteiger partial charge in [0.05, 0.1) is 15.3 Å². The molecule has 3 rings (SSSR count). The molecule has 20 heavy (non-hydrogen) atoms. The van der Waals surface area contributed by atoms with Crippen LogP contribution < -0.4 is 5.32 Å². The van der Waals surface area contributed by atoms with E-state index in [1.807, 2.05) is 7.05 Å². The second-order valence-corrected chi connectivity index (χ2v) is 7.85. The van der Waals surface area contributed by atoms with Crippen molar-refractivity contribution >= 4 is 50.5 Å². The van der Waals surface area contributed by atoms with Crippen LogP contribution in [0.15, 0.2) is 21.7 Å². The largest absolute Gasteiger partial charge is 0.372 e. The summed E-state index contributed by atoms with van der Waals surface area (Å²) in [6, 6.07) is 4.20. The Morgan fingerprint density at radius 2 is 2.15 bits per heavy atom. The molecule has 0 atom stereocenters. The van der Waals surface area contributed by atoms with E-state index in [-0.39, 0.29) is 0 Å². The molecule has 0 fully saturated rings. The fourth-order valence-corrected chi connectivity index (χ4v) is 4.71. The molecule has 0 radical (unpaired) electrons. The molecule has 0 saturated carbocycles. The number of fused-ring (bicyclic) bond motifs is 1. The molecule has 0 aliphatic carbocycles. The maximum absolute atomic E-state index is 4.72. The Bertz CT molecular complexity index is 732. The minimum atomic E-state index is 0.807. The number of hydrogen-bond donors (Lipinski definition) is 1. The Balaban J connectivity index is 1.96. The molecule has 0 saturated heterocycles. The smallest absolute Gasteiger partial charge is 0.142 e. The van der Waals surface area contributed by atoms with E-state index in [9.17, 15) is 0 Å². The van der Waals surface area contributed by atoms with Crippen molar-refractivity contribution in [1.82, 2.24) is 9.97 Å². The lowest BCUT2D eigenvalue weighted by molar-refractivity contribution is 1.07. The van der Waals surface area contributed by atoms with Crippen molar-refractivity contribution < 1.29 is 0 Å². The van der Waals surface area contributed by atoms with Crippen LogP contribution in [0.2, 0.25) is 0 Å². The number of rotatable bonds is 4. The van der Waals surface area contributed by atoms with E-state index in [1.54, 1.807) is 34.4 Å². The van der Waals surface area contributed by atoms with Crippen molar-refractivity contribution in [3.63, 3.8) is 0 Å². The van der Waals surface area contributed by atoms with Gasteiger partial charge in [-0.2, -0.15) is 0 Å². The molecule has 0 bridgehead atoms. The van der Waals surface area contributed by atoms with Gasteiger partial charge in [-0.25, -0.2) is 9.97 Å². The number of hydrogen-bond acceptors (Lipinski definition) is 6. The predicted octanol–water partition coefficient (Wildman–Crippen LogP) is 4.70. The number of aryl methyl sites for hydroxylation is 2. The average molecular weight is 321 g/mol. The third kappa shape index (κ3) is 2.55. The lowest BCUT2D eigenvalue weighted by atomic mass is 10.2. The first-order chi connectivity index (χ1) is 9.69. The van der Waals surface area contributed by atoms with E-state index in [4.69, 9.17) is 4.98 Å². The lowest BCUT2D eigenvalue weighted by Crippen LogP contribution is -1.99. The summed E-state index contributed by atoms with van der Waals surface area (Å²) in [4.78, 5) is 11.8. The first-order valence-electron chi connectivity index (χ1n) is 6.29. The number of nitrogens with one attached hydrogen (secondary N) is 1. The van der Waals surface area contributed by atoms with Gasteiger partial charge >= 0.3 is 0 Å². The number of anilines is 1. The highest BCUT2D eigenvalue weighted by atomic mass is 32.2. The summed E-state index contributed by atoms with van der Waals surface area (Å²) in [6.07, 6.45) is 0. The summed E-state index contributed by atoms with van der Waals surface area (Å²) in [7, 11) is 1.92. The van der Waals surface area contributed by atoms with Gasteiger partial charge in [0.1, 0.15) is 16.5 Å². The van der Waals surface area contributed by atoms with Crippen molar-refractivity contribution in [2.45, 2.75) is 23.8 Å². The van der Waals surface area contributed by atoms with Gasteiger partial charge in [-0.15, -0.1) is 34.4 Å². The van der Waals surface area contributed by atoms with Crippen LogP contribution in [-0.2, 0) is 5.75 Å². The van der Waals surface area contributed by atoms with E-state index in [1.165, 1.54) is 20.0 Å². The third-order valence-electron chi connectivity index (χ3n) is 3.15. The van der Waals surface area contributed by atoms with Crippen LogP contribution >= 0.6 is 34.4 Å². The minimum absolute atomic E-state index is 0.807. The van der Waals surface area contributed by atoms with Crippen LogP contribution in [0.3, 0.4) is 0 Å². The van der Waals surface area contributed by atoms with Gasteiger partial charge in [0, 0.05) is 11.9 Å². The Morgan fingerprint density at radius 3 is 2.85 bits per heavy atom. The Kier molecular flexibility index (Phi) is 3.96. The molecule has 1 N–H and O–H groups in total. The number of thioether (sulfide) groups is 1. The number of aromatic nitrogens is 2. The molecule has 0 unspecified atom stereocenters. The van der Waals surface area contributed by atoms with E-state index >= 15 is 0 Å². The zero-order chi connectivity index (χ0) is 14.1. The molecule has 0 amide bonds.